The topological polar surface area (TPSA) is 0 Å². The van der Waals surface area contributed by atoms with Gasteiger partial charge in [-0.05, 0) is 50.4 Å². The predicted molar refractivity (Wildman–Crippen MR) is 108 cm³/mol. The summed E-state index contributed by atoms with van der Waals surface area (Å²) < 4.78 is 0. The van der Waals surface area contributed by atoms with Crippen LogP contribution in [0.5, 0.6) is 0 Å². The average molecular weight is 331 g/mol. The van der Waals surface area contributed by atoms with Crippen LogP contribution in [0.4, 0.5) is 0 Å². The number of fused-ring (bicyclic) bond motifs is 1. The van der Waals surface area contributed by atoms with Gasteiger partial charge >= 0.3 is 0 Å². The first-order valence-corrected chi connectivity index (χ1v) is 11.3. The largest absolute Gasteiger partial charge is 0.0775 e. The molecule has 2 unspecified atom stereocenters. The molecule has 3 rings (SSSR count). The van der Waals surface area contributed by atoms with Crippen molar-refractivity contribution in [1.29, 1.82) is 0 Å². The van der Waals surface area contributed by atoms with Crippen molar-refractivity contribution >= 4 is 0 Å². The van der Waals surface area contributed by atoms with Gasteiger partial charge in [0.25, 0.3) is 0 Å². The summed E-state index contributed by atoms with van der Waals surface area (Å²) >= 11 is 0. The lowest BCUT2D eigenvalue weighted by molar-refractivity contribution is 0.448. The highest BCUT2D eigenvalue weighted by Crippen LogP contribution is 2.43. The first kappa shape index (κ1) is 19.8. The molecule has 2 bridgehead atoms. The molecule has 0 amide bonds. The van der Waals surface area contributed by atoms with Crippen LogP contribution >= 0.6 is 0 Å². The fraction of sp³-hybridized carbons (Fsp3) is 0.833. The van der Waals surface area contributed by atoms with E-state index in [1.54, 1.807) is 11.1 Å². The molecule has 0 radical (unpaired) electrons. The van der Waals surface area contributed by atoms with Crippen molar-refractivity contribution in [3.63, 3.8) is 0 Å². The summed E-state index contributed by atoms with van der Waals surface area (Å²) in [5.74, 6) is 1.64. The highest BCUT2D eigenvalue weighted by Gasteiger charge is 2.28. The zero-order valence-corrected chi connectivity index (χ0v) is 16.6. The third kappa shape index (κ3) is 6.77. The maximum atomic E-state index is 2.69. The molecular weight excluding hydrogens is 288 g/mol. The molecule has 0 fully saturated rings. The molecule has 138 valence electrons. The lowest BCUT2D eigenvalue weighted by Gasteiger charge is -2.35. The Balaban J connectivity index is 1.62. The Morgan fingerprint density at radius 3 is 1.33 bits per heavy atom. The van der Waals surface area contributed by atoms with Gasteiger partial charge in [0.15, 0.2) is 0 Å². The van der Waals surface area contributed by atoms with Gasteiger partial charge in [0.1, 0.15) is 0 Å². The second kappa shape index (κ2) is 11.9. The molecule has 0 saturated heterocycles. The molecule has 3 aliphatic carbocycles. The highest BCUT2D eigenvalue weighted by molar-refractivity contribution is 5.32. The molecule has 3 aliphatic rings. The van der Waals surface area contributed by atoms with Crippen LogP contribution < -0.4 is 0 Å². The minimum absolute atomic E-state index is 0.820. The Bertz CT molecular complexity index is 349. The summed E-state index contributed by atoms with van der Waals surface area (Å²) in [5.41, 5.74) is 3.60. The molecule has 0 nitrogen and oxygen atoms in total. The van der Waals surface area contributed by atoms with Crippen LogP contribution in [0.25, 0.3) is 0 Å². The van der Waals surface area contributed by atoms with Crippen molar-refractivity contribution in [2.75, 3.05) is 0 Å². The van der Waals surface area contributed by atoms with Crippen LogP contribution in [0.1, 0.15) is 117 Å². The zero-order chi connectivity index (χ0) is 17.0. The SMILES string of the molecule is CCCCCCCCC1=CC2CCC1C=C2CCCCCCCC. The first-order valence-electron chi connectivity index (χ1n) is 11.3. The third-order valence-electron chi connectivity index (χ3n) is 6.21. The fourth-order valence-electron chi connectivity index (χ4n) is 4.63. The second-order valence-corrected chi connectivity index (χ2v) is 8.31. The summed E-state index contributed by atoms with van der Waals surface area (Å²) in [4.78, 5) is 0. The van der Waals surface area contributed by atoms with E-state index in [9.17, 15) is 0 Å². The predicted octanol–water partition coefficient (Wildman–Crippen LogP) is 8.38. The highest BCUT2D eigenvalue weighted by atomic mass is 14.3. The lowest BCUT2D eigenvalue weighted by atomic mass is 9.70. The molecular formula is C24H42. The number of allylic oxidation sites excluding steroid dienone is 4. The van der Waals surface area contributed by atoms with Gasteiger partial charge in [-0.1, -0.05) is 101 Å². The molecule has 0 spiro atoms. The standard InChI is InChI=1S/C24H42/c1-3-5-7-9-11-13-15-21-19-24-18-17-23(21)20-22(24)16-14-12-10-8-6-4-2/h19-20,23-24H,3-18H2,1-2H3. The van der Waals surface area contributed by atoms with Crippen molar-refractivity contribution in [2.24, 2.45) is 11.8 Å². The minimum atomic E-state index is 0.820. The third-order valence-corrected chi connectivity index (χ3v) is 6.21. The van der Waals surface area contributed by atoms with Crippen molar-refractivity contribution in [3.05, 3.63) is 23.3 Å². The molecule has 0 heterocycles. The number of rotatable bonds is 14. The quantitative estimate of drug-likeness (QED) is 0.221. The number of hydrogen-bond donors (Lipinski definition) is 0. The van der Waals surface area contributed by atoms with Gasteiger partial charge in [-0.2, -0.15) is 0 Å². The van der Waals surface area contributed by atoms with E-state index in [1.807, 2.05) is 0 Å². The molecule has 0 aromatic rings. The Kier molecular flexibility index (Phi) is 9.85. The van der Waals surface area contributed by atoms with Gasteiger partial charge in [0, 0.05) is 0 Å². The normalized spacial score (nSPS) is 22.6. The smallest absolute Gasteiger partial charge is 0.00199 e. The van der Waals surface area contributed by atoms with Crippen LogP contribution in [-0.4, -0.2) is 0 Å². The van der Waals surface area contributed by atoms with Gasteiger partial charge in [-0.25, -0.2) is 0 Å². The van der Waals surface area contributed by atoms with Crippen LogP contribution in [0, 0.1) is 11.8 Å². The van der Waals surface area contributed by atoms with Crippen molar-refractivity contribution in [3.8, 4) is 0 Å². The average Bonchev–Trinajstić information content (AvgIpc) is 2.62. The molecule has 2 atom stereocenters. The summed E-state index contributed by atoms with van der Waals surface area (Å²) in [7, 11) is 0. The monoisotopic (exact) mass is 330 g/mol. The molecule has 0 aromatic carbocycles. The Labute approximate surface area is 152 Å². The molecule has 0 N–H and O–H groups in total. The summed E-state index contributed by atoms with van der Waals surface area (Å²) in [5, 5.41) is 0. The van der Waals surface area contributed by atoms with E-state index < -0.39 is 0 Å². The van der Waals surface area contributed by atoms with Crippen LogP contribution in [-0.2, 0) is 0 Å². The van der Waals surface area contributed by atoms with Gasteiger partial charge in [-0.3, -0.25) is 0 Å². The van der Waals surface area contributed by atoms with Gasteiger partial charge in [-0.15, -0.1) is 0 Å². The van der Waals surface area contributed by atoms with Crippen LogP contribution in [0.3, 0.4) is 0 Å². The van der Waals surface area contributed by atoms with Gasteiger partial charge < -0.3 is 0 Å². The van der Waals surface area contributed by atoms with Gasteiger partial charge in [0.2, 0.25) is 0 Å². The Morgan fingerprint density at radius 1 is 0.583 bits per heavy atom. The Morgan fingerprint density at radius 2 is 0.958 bits per heavy atom. The van der Waals surface area contributed by atoms with Gasteiger partial charge in [0.05, 0.1) is 0 Å². The van der Waals surface area contributed by atoms with Crippen molar-refractivity contribution in [1.82, 2.24) is 0 Å². The van der Waals surface area contributed by atoms with E-state index in [-0.39, 0.29) is 0 Å². The molecule has 0 heteroatoms. The number of unbranched alkanes of at least 4 members (excludes halogenated alkanes) is 10. The van der Waals surface area contributed by atoms with Crippen molar-refractivity contribution < 1.29 is 0 Å². The van der Waals surface area contributed by atoms with E-state index >= 15 is 0 Å². The number of hydrogen-bond acceptors (Lipinski definition) is 0. The van der Waals surface area contributed by atoms with Crippen LogP contribution in [0.15, 0.2) is 23.3 Å². The minimum Gasteiger partial charge on any atom is -0.0775 e. The molecule has 0 saturated carbocycles. The van der Waals surface area contributed by atoms with E-state index in [2.05, 4.69) is 26.0 Å². The Hall–Kier alpha value is -0.520. The molecule has 0 aromatic heterocycles. The van der Waals surface area contributed by atoms with E-state index in [0.717, 1.165) is 11.8 Å². The maximum absolute atomic E-state index is 2.69. The first-order chi connectivity index (χ1) is 11.8. The molecule has 24 heavy (non-hydrogen) atoms. The summed E-state index contributed by atoms with van der Waals surface area (Å²) in [6.45, 7) is 4.61. The molecule has 0 aliphatic heterocycles. The van der Waals surface area contributed by atoms with E-state index in [4.69, 9.17) is 0 Å². The maximum Gasteiger partial charge on any atom is -0.00199 e. The van der Waals surface area contributed by atoms with E-state index in [1.165, 1.54) is 103 Å². The lowest BCUT2D eigenvalue weighted by Crippen LogP contribution is -2.21. The van der Waals surface area contributed by atoms with Crippen LogP contribution in [0.2, 0.25) is 0 Å². The van der Waals surface area contributed by atoms with E-state index in [0.29, 0.717) is 0 Å². The summed E-state index contributed by atoms with van der Waals surface area (Å²) in [6, 6.07) is 0. The summed E-state index contributed by atoms with van der Waals surface area (Å²) in [6.07, 6.45) is 28.2. The van der Waals surface area contributed by atoms with Crippen molar-refractivity contribution in [2.45, 2.75) is 117 Å². The zero-order valence-electron chi connectivity index (χ0n) is 16.6. The fourth-order valence-corrected chi connectivity index (χ4v) is 4.63. The second-order valence-electron chi connectivity index (χ2n) is 8.31.